The fraction of sp³-hybridized carbons (Fsp3) is 0.462. The van der Waals surface area contributed by atoms with Crippen LogP contribution in [0.4, 0.5) is 5.69 Å². The maximum Gasteiger partial charge on any atom is 0.141 e. The molecule has 0 aliphatic rings. The van der Waals surface area contributed by atoms with Crippen LogP contribution in [0.5, 0.6) is 5.75 Å². The molecule has 0 radical (unpaired) electrons. The lowest BCUT2D eigenvalue weighted by Crippen LogP contribution is -2.12. The summed E-state index contributed by atoms with van der Waals surface area (Å²) >= 11 is 0. The lowest BCUT2D eigenvalue weighted by Gasteiger charge is -2.13. The number of anilines is 1. The Hall–Kier alpha value is -1.69. The zero-order chi connectivity index (χ0) is 12.0. The van der Waals surface area contributed by atoms with Crippen LogP contribution >= 0.6 is 0 Å². The maximum atomic E-state index is 8.86. The van der Waals surface area contributed by atoms with Gasteiger partial charge in [0.25, 0.3) is 0 Å². The fourth-order valence-corrected chi connectivity index (χ4v) is 1.47. The average Bonchev–Trinajstić information content (AvgIpc) is 2.30. The molecule has 0 aliphatic heterocycles. The highest BCUT2D eigenvalue weighted by atomic mass is 16.5. The number of benzene rings is 1. The fourth-order valence-electron chi connectivity index (χ4n) is 1.47. The first-order valence-electron chi connectivity index (χ1n) is 5.49. The molecule has 0 aromatic heterocycles. The number of methoxy groups -OCH3 is 1. The quantitative estimate of drug-likeness (QED) is 0.826. The van der Waals surface area contributed by atoms with Gasteiger partial charge in [-0.2, -0.15) is 5.26 Å². The smallest absolute Gasteiger partial charge is 0.141 e. The lowest BCUT2D eigenvalue weighted by atomic mass is 10.1. The van der Waals surface area contributed by atoms with Crippen LogP contribution in [-0.4, -0.2) is 13.7 Å². The van der Waals surface area contributed by atoms with Crippen molar-refractivity contribution in [2.75, 3.05) is 19.0 Å². The van der Waals surface area contributed by atoms with Gasteiger partial charge in [-0.05, 0) is 31.0 Å². The molecule has 0 bridgehead atoms. The van der Waals surface area contributed by atoms with Crippen molar-refractivity contribution in [1.29, 1.82) is 5.26 Å². The topological polar surface area (TPSA) is 45.0 Å². The molecule has 16 heavy (non-hydrogen) atoms. The number of nitrogens with one attached hydrogen (secondary N) is 1. The molecule has 0 saturated heterocycles. The Morgan fingerprint density at radius 1 is 1.50 bits per heavy atom. The van der Waals surface area contributed by atoms with E-state index in [0.717, 1.165) is 17.9 Å². The second-order valence-corrected chi connectivity index (χ2v) is 3.82. The third-order valence-electron chi connectivity index (χ3n) is 2.57. The molecule has 1 N–H and O–H groups in total. The van der Waals surface area contributed by atoms with Crippen molar-refractivity contribution >= 4 is 5.69 Å². The zero-order valence-electron chi connectivity index (χ0n) is 10.1. The normalized spacial score (nSPS) is 11.6. The molecule has 1 rings (SSSR count). The highest BCUT2D eigenvalue weighted by Gasteiger charge is 2.07. The number of rotatable bonds is 5. The number of ether oxygens (including phenoxy) is 1. The molecule has 3 nitrogen and oxygen atoms in total. The summed E-state index contributed by atoms with van der Waals surface area (Å²) in [5.41, 5.74) is 2.13. The van der Waals surface area contributed by atoms with Crippen molar-refractivity contribution in [3.05, 3.63) is 23.8 Å². The lowest BCUT2D eigenvalue weighted by molar-refractivity contribution is 0.416. The maximum absolute atomic E-state index is 8.86. The molecule has 1 unspecified atom stereocenters. The second kappa shape index (κ2) is 6.02. The Balaban J connectivity index is 2.72. The van der Waals surface area contributed by atoms with Gasteiger partial charge in [0, 0.05) is 6.54 Å². The van der Waals surface area contributed by atoms with Gasteiger partial charge < -0.3 is 10.1 Å². The Morgan fingerprint density at radius 3 is 2.81 bits per heavy atom. The number of hydrogen-bond donors (Lipinski definition) is 1. The summed E-state index contributed by atoms with van der Waals surface area (Å²) in [7, 11) is 1.65. The van der Waals surface area contributed by atoms with Gasteiger partial charge in [0.05, 0.1) is 24.8 Å². The molecule has 0 fully saturated rings. The SMILES string of the molecule is CCC(C#N)CNc1cc(C)ccc1OC. The number of aryl methyl sites for hydroxylation is 1. The van der Waals surface area contributed by atoms with Crippen molar-refractivity contribution < 1.29 is 4.74 Å². The molecule has 0 aliphatic carbocycles. The van der Waals surface area contributed by atoms with E-state index in [1.807, 2.05) is 32.0 Å². The Labute approximate surface area is 97.0 Å². The highest BCUT2D eigenvalue weighted by Crippen LogP contribution is 2.25. The van der Waals surface area contributed by atoms with E-state index in [-0.39, 0.29) is 5.92 Å². The molecule has 3 heteroatoms. The molecular weight excluding hydrogens is 200 g/mol. The Morgan fingerprint density at radius 2 is 2.25 bits per heavy atom. The van der Waals surface area contributed by atoms with E-state index < -0.39 is 0 Å². The number of nitriles is 1. The summed E-state index contributed by atoms with van der Waals surface area (Å²) in [4.78, 5) is 0. The molecule has 1 atom stereocenters. The van der Waals surface area contributed by atoms with Gasteiger partial charge in [-0.3, -0.25) is 0 Å². The molecule has 0 heterocycles. The second-order valence-electron chi connectivity index (χ2n) is 3.82. The van der Waals surface area contributed by atoms with E-state index >= 15 is 0 Å². The van der Waals surface area contributed by atoms with Gasteiger partial charge in [-0.1, -0.05) is 13.0 Å². The molecule has 1 aromatic rings. The van der Waals surface area contributed by atoms with Crippen molar-refractivity contribution in [1.82, 2.24) is 0 Å². The molecule has 86 valence electrons. The average molecular weight is 218 g/mol. The predicted molar refractivity (Wildman–Crippen MR) is 65.6 cm³/mol. The van der Waals surface area contributed by atoms with Crippen LogP contribution < -0.4 is 10.1 Å². The summed E-state index contributed by atoms with van der Waals surface area (Å²) in [5, 5.41) is 12.1. The Bertz CT molecular complexity index is 382. The van der Waals surface area contributed by atoms with Crippen LogP contribution in [0.15, 0.2) is 18.2 Å². The number of hydrogen-bond acceptors (Lipinski definition) is 3. The van der Waals surface area contributed by atoms with E-state index in [1.165, 1.54) is 5.56 Å². The first kappa shape index (κ1) is 12.4. The first-order valence-corrected chi connectivity index (χ1v) is 5.49. The van der Waals surface area contributed by atoms with Gasteiger partial charge in [0.1, 0.15) is 5.75 Å². The van der Waals surface area contributed by atoms with Crippen LogP contribution in [0.3, 0.4) is 0 Å². The zero-order valence-corrected chi connectivity index (χ0v) is 10.1. The van der Waals surface area contributed by atoms with Crippen molar-refractivity contribution in [3.8, 4) is 11.8 Å². The van der Waals surface area contributed by atoms with Gasteiger partial charge in [-0.25, -0.2) is 0 Å². The van der Waals surface area contributed by atoms with Crippen molar-refractivity contribution in [3.63, 3.8) is 0 Å². The number of nitrogens with zero attached hydrogens (tertiary/aromatic N) is 1. The van der Waals surface area contributed by atoms with Crippen molar-refractivity contribution in [2.24, 2.45) is 5.92 Å². The van der Waals surface area contributed by atoms with E-state index in [9.17, 15) is 0 Å². The Kier molecular flexibility index (Phi) is 4.65. The molecule has 1 aromatic carbocycles. The molecular formula is C13H18N2O. The summed E-state index contributed by atoms with van der Waals surface area (Å²) in [6.45, 7) is 4.71. The highest BCUT2D eigenvalue weighted by molar-refractivity contribution is 5.58. The minimum absolute atomic E-state index is 0.0465. The third-order valence-corrected chi connectivity index (χ3v) is 2.57. The van der Waals surface area contributed by atoms with E-state index in [4.69, 9.17) is 10.00 Å². The van der Waals surface area contributed by atoms with Gasteiger partial charge in [0.2, 0.25) is 0 Å². The monoisotopic (exact) mass is 218 g/mol. The van der Waals surface area contributed by atoms with Gasteiger partial charge in [0.15, 0.2) is 0 Å². The van der Waals surface area contributed by atoms with Crippen LogP contribution in [0.1, 0.15) is 18.9 Å². The molecule has 0 amide bonds. The molecule has 0 saturated carbocycles. The van der Waals surface area contributed by atoms with Crippen LogP contribution in [0.25, 0.3) is 0 Å². The summed E-state index contributed by atoms with van der Waals surface area (Å²) in [6, 6.07) is 8.24. The van der Waals surface area contributed by atoms with E-state index in [2.05, 4.69) is 11.4 Å². The molecule has 0 spiro atoms. The largest absolute Gasteiger partial charge is 0.495 e. The van der Waals surface area contributed by atoms with Gasteiger partial charge in [-0.15, -0.1) is 0 Å². The van der Waals surface area contributed by atoms with Crippen LogP contribution in [0.2, 0.25) is 0 Å². The predicted octanol–water partition coefficient (Wildman–Crippen LogP) is 2.97. The standard InChI is InChI=1S/C13H18N2O/c1-4-11(8-14)9-15-12-7-10(2)5-6-13(12)16-3/h5-7,11,15H,4,9H2,1-3H3. The summed E-state index contributed by atoms with van der Waals surface area (Å²) < 4.78 is 5.25. The minimum Gasteiger partial charge on any atom is -0.495 e. The minimum atomic E-state index is 0.0465. The van der Waals surface area contributed by atoms with Crippen LogP contribution in [-0.2, 0) is 0 Å². The third kappa shape index (κ3) is 3.16. The van der Waals surface area contributed by atoms with E-state index in [1.54, 1.807) is 7.11 Å². The summed E-state index contributed by atoms with van der Waals surface area (Å²) in [5.74, 6) is 0.864. The van der Waals surface area contributed by atoms with Gasteiger partial charge >= 0.3 is 0 Å². The summed E-state index contributed by atoms with van der Waals surface area (Å²) in [6.07, 6.45) is 0.859. The first-order chi connectivity index (χ1) is 7.71. The van der Waals surface area contributed by atoms with Crippen LogP contribution in [0, 0.1) is 24.2 Å². The van der Waals surface area contributed by atoms with Crippen molar-refractivity contribution in [2.45, 2.75) is 20.3 Å². The van der Waals surface area contributed by atoms with E-state index in [0.29, 0.717) is 6.54 Å².